The molecule has 1 saturated heterocycles. The van der Waals surface area contributed by atoms with Crippen LogP contribution in [0.25, 0.3) is 0 Å². The molecule has 0 aromatic heterocycles. The number of amides is 2. The van der Waals surface area contributed by atoms with Gasteiger partial charge in [0.15, 0.2) is 0 Å². The topological polar surface area (TPSA) is 122 Å². The lowest BCUT2D eigenvalue weighted by molar-refractivity contribution is -0.384. The maximum atomic E-state index is 11.5. The highest BCUT2D eigenvalue weighted by Gasteiger charge is 2.30. The van der Waals surface area contributed by atoms with Crippen LogP contribution < -0.4 is 10.1 Å². The molecule has 1 aliphatic heterocycles. The molecule has 0 spiro atoms. The van der Waals surface area contributed by atoms with E-state index in [0.29, 0.717) is 5.75 Å². The number of carbonyl (C=O) groups excluding carboxylic acids is 2. The number of hydrogen-bond donors (Lipinski definition) is 2. The molecule has 1 aliphatic rings. The summed E-state index contributed by atoms with van der Waals surface area (Å²) in [5.74, 6) is -0.276. The fourth-order valence-corrected chi connectivity index (χ4v) is 2.25. The number of nitro groups is 1. The normalized spacial score (nSPS) is 15.7. The van der Waals surface area contributed by atoms with Crippen LogP contribution in [-0.2, 0) is 9.59 Å². The average Bonchev–Trinajstić information content (AvgIpc) is 2.84. The molecular weight excluding hydrogens is 306 g/mol. The molecule has 1 fully saturated rings. The minimum atomic E-state index is -1.03. The number of aliphatic hydroxyl groups is 1. The van der Waals surface area contributed by atoms with Gasteiger partial charge in [-0.05, 0) is 6.07 Å². The molecule has 0 saturated carbocycles. The minimum absolute atomic E-state index is 0.0892. The van der Waals surface area contributed by atoms with Crippen molar-refractivity contribution in [3.63, 3.8) is 0 Å². The van der Waals surface area contributed by atoms with Crippen LogP contribution in [0.1, 0.15) is 12.8 Å². The number of nitro benzene ring substituents is 1. The standard InChI is InChI=1S/C14H17N3O6/c1-15-11-6-10(2-3-12(11)17(21)22)23-8-9(18)7-16-13(19)4-5-14(16)20/h2-3,6,9,15,18H,4-5,7-8H2,1H3. The number of likely N-dealkylation sites (tertiary alicyclic amines) is 1. The van der Waals surface area contributed by atoms with Gasteiger partial charge in [0, 0.05) is 32.0 Å². The molecule has 0 bridgehead atoms. The van der Waals surface area contributed by atoms with Gasteiger partial charge < -0.3 is 15.2 Å². The monoisotopic (exact) mass is 323 g/mol. The number of ether oxygens (including phenoxy) is 1. The van der Waals surface area contributed by atoms with Crippen LogP contribution in [0, 0.1) is 10.1 Å². The number of nitrogens with one attached hydrogen (secondary N) is 1. The lowest BCUT2D eigenvalue weighted by Gasteiger charge is -2.19. The Labute approximate surface area is 132 Å². The molecule has 2 amide bonds. The summed E-state index contributed by atoms with van der Waals surface area (Å²) in [6.07, 6.45) is -0.699. The van der Waals surface area contributed by atoms with Gasteiger partial charge in [-0.2, -0.15) is 0 Å². The molecular formula is C14H17N3O6. The largest absolute Gasteiger partial charge is 0.491 e. The number of carbonyl (C=O) groups is 2. The predicted molar refractivity (Wildman–Crippen MR) is 80.1 cm³/mol. The smallest absolute Gasteiger partial charge is 0.292 e. The molecule has 124 valence electrons. The van der Waals surface area contributed by atoms with Crippen LogP contribution >= 0.6 is 0 Å². The second-order valence-corrected chi connectivity index (χ2v) is 5.05. The first-order valence-corrected chi connectivity index (χ1v) is 7.02. The van der Waals surface area contributed by atoms with Crippen molar-refractivity contribution in [1.29, 1.82) is 0 Å². The van der Waals surface area contributed by atoms with E-state index in [1.54, 1.807) is 7.05 Å². The fourth-order valence-electron chi connectivity index (χ4n) is 2.25. The van der Waals surface area contributed by atoms with E-state index in [2.05, 4.69) is 5.32 Å². The number of hydrogen-bond acceptors (Lipinski definition) is 7. The van der Waals surface area contributed by atoms with Gasteiger partial charge in [-0.25, -0.2) is 0 Å². The minimum Gasteiger partial charge on any atom is -0.491 e. The Balaban J connectivity index is 1.94. The molecule has 1 unspecified atom stereocenters. The molecule has 2 rings (SSSR count). The molecule has 1 aromatic rings. The van der Waals surface area contributed by atoms with Crippen LogP contribution in [0.4, 0.5) is 11.4 Å². The molecule has 1 atom stereocenters. The summed E-state index contributed by atoms with van der Waals surface area (Å²) in [4.78, 5) is 34.2. The lowest BCUT2D eigenvalue weighted by atomic mass is 10.2. The van der Waals surface area contributed by atoms with Gasteiger partial charge in [0.2, 0.25) is 11.8 Å². The van der Waals surface area contributed by atoms with Crippen LogP contribution in [0.5, 0.6) is 5.75 Å². The van der Waals surface area contributed by atoms with Crippen LogP contribution in [0.2, 0.25) is 0 Å². The van der Waals surface area contributed by atoms with Crippen molar-refractivity contribution >= 4 is 23.2 Å². The van der Waals surface area contributed by atoms with Crippen molar-refractivity contribution in [1.82, 2.24) is 4.90 Å². The van der Waals surface area contributed by atoms with Gasteiger partial charge in [0.05, 0.1) is 11.5 Å². The molecule has 23 heavy (non-hydrogen) atoms. The Kier molecular flexibility index (Phi) is 5.12. The summed E-state index contributed by atoms with van der Waals surface area (Å²) in [7, 11) is 1.55. The van der Waals surface area contributed by atoms with E-state index in [0.717, 1.165) is 4.90 Å². The second-order valence-electron chi connectivity index (χ2n) is 5.05. The van der Waals surface area contributed by atoms with Crippen molar-refractivity contribution in [2.24, 2.45) is 0 Å². The highest BCUT2D eigenvalue weighted by molar-refractivity contribution is 6.01. The number of aliphatic hydroxyl groups excluding tert-OH is 1. The van der Waals surface area contributed by atoms with Gasteiger partial charge in [0.1, 0.15) is 24.1 Å². The number of benzene rings is 1. The van der Waals surface area contributed by atoms with Crippen molar-refractivity contribution < 1.29 is 24.4 Å². The molecule has 2 N–H and O–H groups in total. The Morgan fingerprint density at radius 3 is 2.61 bits per heavy atom. The lowest BCUT2D eigenvalue weighted by Crippen LogP contribution is -2.38. The van der Waals surface area contributed by atoms with Gasteiger partial charge in [0.25, 0.3) is 5.69 Å². The average molecular weight is 323 g/mol. The summed E-state index contributed by atoms with van der Waals surface area (Å²) in [5.41, 5.74) is 0.195. The third-order valence-electron chi connectivity index (χ3n) is 3.42. The van der Waals surface area contributed by atoms with Crippen LogP contribution in [-0.4, -0.2) is 53.0 Å². The van der Waals surface area contributed by atoms with Crippen molar-refractivity contribution in [3.8, 4) is 5.75 Å². The fraction of sp³-hybridized carbons (Fsp3) is 0.429. The van der Waals surface area contributed by atoms with Crippen LogP contribution in [0.3, 0.4) is 0 Å². The highest BCUT2D eigenvalue weighted by Crippen LogP contribution is 2.28. The molecule has 9 heteroatoms. The summed E-state index contributed by atoms with van der Waals surface area (Å²) in [6, 6.07) is 4.15. The quantitative estimate of drug-likeness (QED) is 0.426. The zero-order valence-corrected chi connectivity index (χ0v) is 12.5. The Morgan fingerprint density at radius 2 is 2.04 bits per heavy atom. The van der Waals surface area contributed by atoms with Gasteiger partial charge >= 0.3 is 0 Å². The number of anilines is 1. The molecule has 0 aliphatic carbocycles. The number of rotatable bonds is 7. The van der Waals surface area contributed by atoms with Gasteiger partial charge in [-0.3, -0.25) is 24.6 Å². The van der Waals surface area contributed by atoms with Gasteiger partial charge in [-0.1, -0.05) is 0 Å². The maximum absolute atomic E-state index is 11.5. The van der Waals surface area contributed by atoms with Crippen LogP contribution in [0.15, 0.2) is 18.2 Å². The molecule has 0 radical (unpaired) electrons. The van der Waals surface area contributed by atoms with Crippen molar-refractivity contribution in [2.45, 2.75) is 18.9 Å². The van der Waals surface area contributed by atoms with E-state index in [1.165, 1.54) is 18.2 Å². The third kappa shape index (κ3) is 3.95. The summed E-state index contributed by atoms with van der Waals surface area (Å²) >= 11 is 0. The highest BCUT2D eigenvalue weighted by atomic mass is 16.6. The first-order valence-electron chi connectivity index (χ1n) is 7.02. The SMILES string of the molecule is CNc1cc(OCC(O)CN2C(=O)CCC2=O)ccc1[N+](=O)[O-]. The van der Waals surface area contributed by atoms with E-state index < -0.39 is 11.0 Å². The van der Waals surface area contributed by atoms with E-state index in [4.69, 9.17) is 4.74 Å². The Morgan fingerprint density at radius 1 is 1.39 bits per heavy atom. The Bertz CT molecular complexity index is 617. The first-order chi connectivity index (χ1) is 10.9. The maximum Gasteiger partial charge on any atom is 0.292 e. The summed E-state index contributed by atoms with van der Waals surface area (Å²) in [5, 5.41) is 23.4. The summed E-state index contributed by atoms with van der Waals surface area (Å²) in [6.45, 7) is -0.262. The van der Waals surface area contributed by atoms with E-state index in [1.807, 2.05) is 0 Å². The molecule has 1 heterocycles. The first kappa shape index (κ1) is 16.7. The van der Waals surface area contributed by atoms with Crippen molar-refractivity contribution in [3.05, 3.63) is 28.3 Å². The van der Waals surface area contributed by atoms with Gasteiger partial charge in [-0.15, -0.1) is 0 Å². The summed E-state index contributed by atoms with van der Waals surface area (Å²) < 4.78 is 5.36. The number of nitrogens with zero attached hydrogens (tertiary/aromatic N) is 2. The molecule has 1 aromatic carbocycles. The zero-order chi connectivity index (χ0) is 17.0. The van der Waals surface area contributed by atoms with E-state index >= 15 is 0 Å². The zero-order valence-electron chi connectivity index (χ0n) is 12.5. The molecule has 9 nitrogen and oxygen atoms in total. The number of β-amino-alcohol motifs (C(OH)–C–C–N with tert-alkyl or cyclic N) is 1. The van der Waals surface area contributed by atoms with E-state index in [-0.39, 0.29) is 49.2 Å². The third-order valence-corrected chi connectivity index (χ3v) is 3.42. The van der Waals surface area contributed by atoms with E-state index in [9.17, 15) is 24.8 Å². The van der Waals surface area contributed by atoms with Crippen molar-refractivity contribution in [2.75, 3.05) is 25.5 Å². The predicted octanol–water partition coefficient (Wildman–Crippen LogP) is 0.525. The Hall–Kier alpha value is -2.68. The number of imide groups is 1. The second kappa shape index (κ2) is 7.05.